The normalized spacial score (nSPS) is 22.4. The van der Waals surface area contributed by atoms with E-state index in [0.717, 1.165) is 30.8 Å². The van der Waals surface area contributed by atoms with Gasteiger partial charge in [-0.1, -0.05) is 45.9 Å². The molecule has 0 saturated carbocycles. The maximum Gasteiger partial charge on any atom is 0.303 e. The van der Waals surface area contributed by atoms with Crippen molar-refractivity contribution in [2.24, 2.45) is 0 Å². The van der Waals surface area contributed by atoms with Gasteiger partial charge in [0.1, 0.15) is 11.5 Å². The first-order valence-corrected chi connectivity index (χ1v) is 10.7. The molecule has 4 rings (SSSR count). The largest absolute Gasteiger partial charge is 0.481 e. The van der Waals surface area contributed by atoms with Crippen molar-refractivity contribution in [3.63, 3.8) is 0 Å². The van der Waals surface area contributed by atoms with Gasteiger partial charge in [0.2, 0.25) is 0 Å². The molecule has 0 fully saturated rings. The van der Waals surface area contributed by atoms with Gasteiger partial charge in [0.25, 0.3) is 0 Å². The molecule has 0 aliphatic heterocycles. The first-order chi connectivity index (χ1) is 13.2. The van der Waals surface area contributed by atoms with E-state index in [1.54, 1.807) is 0 Å². The third-order valence-corrected chi connectivity index (χ3v) is 7.03. The molecule has 1 atom stereocenters. The van der Waals surface area contributed by atoms with Gasteiger partial charge in [-0.2, -0.15) is 0 Å². The lowest BCUT2D eigenvalue weighted by atomic mass is 9.62. The van der Waals surface area contributed by atoms with Crippen LogP contribution in [0.25, 0.3) is 0 Å². The fourth-order valence-electron chi connectivity index (χ4n) is 5.14. The van der Waals surface area contributed by atoms with Crippen LogP contribution in [0.3, 0.4) is 0 Å². The summed E-state index contributed by atoms with van der Waals surface area (Å²) in [4.78, 5) is 10.9. The van der Waals surface area contributed by atoms with E-state index in [9.17, 15) is 4.79 Å². The van der Waals surface area contributed by atoms with Crippen molar-refractivity contribution in [3.05, 3.63) is 58.0 Å². The van der Waals surface area contributed by atoms with Crippen LogP contribution >= 0.6 is 0 Å². The van der Waals surface area contributed by atoms with E-state index in [1.807, 2.05) is 0 Å². The van der Waals surface area contributed by atoms with Gasteiger partial charge in [-0.3, -0.25) is 4.79 Å². The first-order valence-electron chi connectivity index (χ1n) is 10.7. The second-order valence-electron chi connectivity index (χ2n) is 10.0. The standard InChI is InChI=1S/C25H32O3/c1-24(2)12-13-25(3,4)21-14-16(8-10-20(21)24)18-6-5-7-22-19(18)15-17(28-22)9-11-23(26)27/h8,10,14-15,18H,5-7,9,11-13H2,1-4H3,(H,26,27). The van der Waals surface area contributed by atoms with Crippen LogP contribution in [0.4, 0.5) is 0 Å². The second-order valence-corrected chi connectivity index (χ2v) is 10.0. The average Bonchev–Trinajstić information content (AvgIpc) is 3.07. The Kier molecular flexibility index (Phi) is 4.68. The molecular formula is C25H32O3. The van der Waals surface area contributed by atoms with Gasteiger partial charge < -0.3 is 9.52 Å². The van der Waals surface area contributed by atoms with E-state index in [1.165, 1.54) is 35.1 Å². The molecular weight excluding hydrogens is 348 g/mol. The van der Waals surface area contributed by atoms with E-state index in [-0.39, 0.29) is 17.3 Å². The Labute approximate surface area is 168 Å². The number of benzene rings is 1. The molecule has 0 spiro atoms. The third kappa shape index (κ3) is 3.40. The van der Waals surface area contributed by atoms with E-state index in [4.69, 9.17) is 9.52 Å². The highest BCUT2D eigenvalue weighted by Gasteiger charge is 2.37. The molecule has 0 bridgehead atoms. The Morgan fingerprint density at radius 3 is 2.54 bits per heavy atom. The number of aliphatic carboxylic acids is 1. The van der Waals surface area contributed by atoms with Crippen molar-refractivity contribution < 1.29 is 14.3 Å². The van der Waals surface area contributed by atoms with Crippen molar-refractivity contribution in [2.75, 3.05) is 0 Å². The molecule has 150 valence electrons. The van der Waals surface area contributed by atoms with Gasteiger partial charge in [-0.25, -0.2) is 0 Å². The lowest BCUT2D eigenvalue weighted by molar-refractivity contribution is -0.137. The maximum absolute atomic E-state index is 10.9. The van der Waals surface area contributed by atoms with E-state index < -0.39 is 5.97 Å². The first kappa shape index (κ1) is 19.3. The smallest absolute Gasteiger partial charge is 0.303 e. The minimum absolute atomic E-state index is 0.124. The second kappa shape index (κ2) is 6.79. The van der Waals surface area contributed by atoms with Crippen LogP contribution in [0.1, 0.15) is 99.5 Å². The van der Waals surface area contributed by atoms with Crippen LogP contribution in [-0.4, -0.2) is 11.1 Å². The molecule has 1 aromatic carbocycles. The summed E-state index contributed by atoms with van der Waals surface area (Å²) in [6, 6.07) is 9.27. The zero-order valence-corrected chi connectivity index (χ0v) is 17.6. The fourth-order valence-corrected chi connectivity index (χ4v) is 5.14. The van der Waals surface area contributed by atoms with Gasteiger partial charge in [0.05, 0.1) is 6.42 Å². The molecule has 1 N–H and O–H groups in total. The minimum atomic E-state index is -0.773. The quantitative estimate of drug-likeness (QED) is 0.696. The molecule has 3 heteroatoms. The Morgan fingerprint density at radius 2 is 1.82 bits per heavy atom. The molecule has 2 aliphatic rings. The van der Waals surface area contributed by atoms with Gasteiger partial charge in [-0.05, 0) is 59.3 Å². The Bertz CT molecular complexity index is 901. The maximum atomic E-state index is 10.9. The van der Waals surface area contributed by atoms with Gasteiger partial charge >= 0.3 is 5.97 Å². The van der Waals surface area contributed by atoms with E-state index >= 15 is 0 Å². The highest BCUT2D eigenvalue weighted by Crippen LogP contribution is 2.48. The summed E-state index contributed by atoms with van der Waals surface area (Å²) in [6.45, 7) is 9.48. The Morgan fingerprint density at radius 1 is 1.11 bits per heavy atom. The molecule has 3 nitrogen and oxygen atoms in total. The number of furan rings is 1. The number of rotatable bonds is 4. The number of hydrogen-bond acceptors (Lipinski definition) is 2. The Balaban J connectivity index is 1.71. The minimum Gasteiger partial charge on any atom is -0.481 e. The number of hydrogen-bond donors (Lipinski definition) is 1. The van der Waals surface area contributed by atoms with Crippen molar-refractivity contribution in [1.82, 2.24) is 0 Å². The molecule has 28 heavy (non-hydrogen) atoms. The van der Waals surface area contributed by atoms with Crippen molar-refractivity contribution in [2.45, 2.75) is 89.4 Å². The SMILES string of the molecule is CC1(C)CCC(C)(C)c2cc(C3CCCc4oc(CCC(=O)O)cc43)ccc21. The third-order valence-electron chi connectivity index (χ3n) is 7.03. The molecule has 2 aromatic rings. The summed E-state index contributed by atoms with van der Waals surface area (Å²) >= 11 is 0. The van der Waals surface area contributed by atoms with Crippen LogP contribution in [-0.2, 0) is 28.5 Å². The summed E-state index contributed by atoms with van der Waals surface area (Å²) in [5.74, 6) is 1.47. The van der Waals surface area contributed by atoms with Crippen LogP contribution in [0.5, 0.6) is 0 Å². The molecule has 2 aliphatic carbocycles. The highest BCUT2D eigenvalue weighted by atomic mass is 16.4. The topological polar surface area (TPSA) is 50.4 Å². The molecule has 1 unspecified atom stereocenters. The van der Waals surface area contributed by atoms with Crippen molar-refractivity contribution in [3.8, 4) is 0 Å². The predicted octanol–water partition coefficient (Wildman–Crippen LogP) is 6.11. The summed E-state index contributed by atoms with van der Waals surface area (Å²) in [7, 11) is 0. The summed E-state index contributed by atoms with van der Waals surface area (Å²) < 4.78 is 6.03. The fraction of sp³-hybridized carbons (Fsp3) is 0.560. The molecule has 0 saturated heterocycles. The van der Waals surface area contributed by atoms with Crippen molar-refractivity contribution >= 4 is 5.97 Å². The number of aryl methyl sites for hydroxylation is 2. The average molecular weight is 381 g/mol. The molecule has 1 heterocycles. The zero-order valence-electron chi connectivity index (χ0n) is 17.6. The Hall–Kier alpha value is -2.03. The predicted molar refractivity (Wildman–Crippen MR) is 111 cm³/mol. The number of carboxylic acid groups (broad SMARTS) is 1. The highest BCUT2D eigenvalue weighted by molar-refractivity contribution is 5.67. The molecule has 0 radical (unpaired) electrons. The zero-order chi connectivity index (χ0) is 20.1. The van der Waals surface area contributed by atoms with Crippen LogP contribution in [0.15, 0.2) is 28.7 Å². The van der Waals surface area contributed by atoms with Crippen molar-refractivity contribution in [1.29, 1.82) is 0 Å². The monoisotopic (exact) mass is 380 g/mol. The summed E-state index contributed by atoms with van der Waals surface area (Å²) in [5.41, 5.74) is 6.11. The molecule has 0 amide bonds. The number of carbonyl (C=O) groups is 1. The lowest BCUT2D eigenvalue weighted by Crippen LogP contribution is -2.34. The van der Waals surface area contributed by atoms with E-state index in [0.29, 0.717) is 12.3 Å². The van der Waals surface area contributed by atoms with Crippen LogP contribution in [0.2, 0.25) is 0 Å². The van der Waals surface area contributed by atoms with Crippen LogP contribution in [0, 0.1) is 0 Å². The van der Waals surface area contributed by atoms with E-state index in [2.05, 4.69) is 52.0 Å². The summed E-state index contributed by atoms with van der Waals surface area (Å²) in [5, 5.41) is 8.97. The van der Waals surface area contributed by atoms with Gasteiger partial charge in [0.15, 0.2) is 0 Å². The number of carboxylic acids is 1. The van der Waals surface area contributed by atoms with Crippen LogP contribution < -0.4 is 0 Å². The lowest BCUT2D eigenvalue weighted by Gasteiger charge is -2.42. The number of fused-ring (bicyclic) bond motifs is 2. The van der Waals surface area contributed by atoms with Gasteiger partial charge in [-0.15, -0.1) is 0 Å². The van der Waals surface area contributed by atoms with Gasteiger partial charge in [0, 0.05) is 24.3 Å². The molecule has 1 aromatic heterocycles. The summed E-state index contributed by atoms with van der Waals surface area (Å²) in [6.07, 6.45) is 6.26.